The van der Waals surface area contributed by atoms with E-state index in [0.29, 0.717) is 78.1 Å². The number of likely N-dealkylation sites (tertiary alicyclic amines) is 1. The van der Waals surface area contributed by atoms with E-state index in [1.54, 1.807) is 17.8 Å². The van der Waals surface area contributed by atoms with Crippen LogP contribution in [0, 0.1) is 5.92 Å². The van der Waals surface area contributed by atoms with Crippen LogP contribution < -0.4 is 5.32 Å². The number of hydrogen-bond donors (Lipinski definition) is 1. The number of hydrogen-bond acceptors (Lipinski definition) is 9. The Morgan fingerprint density at radius 1 is 1.03 bits per heavy atom. The number of aromatic nitrogens is 3. The van der Waals surface area contributed by atoms with Crippen molar-refractivity contribution in [3.63, 3.8) is 0 Å². The zero-order chi connectivity index (χ0) is 24.6. The molecule has 1 saturated heterocycles. The molecular formula is C22H37N5O7. The Bertz CT molecular complexity index is 758. The molecule has 1 fully saturated rings. The molecule has 1 aliphatic heterocycles. The Morgan fingerprint density at radius 2 is 1.65 bits per heavy atom. The van der Waals surface area contributed by atoms with Crippen molar-refractivity contribution >= 4 is 17.7 Å². The molecular weight excluding hydrogens is 446 g/mol. The van der Waals surface area contributed by atoms with E-state index in [-0.39, 0.29) is 36.6 Å². The first kappa shape index (κ1) is 27.8. The van der Waals surface area contributed by atoms with Crippen LogP contribution in [0.15, 0.2) is 6.20 Å². The van der Waals surface area contributed by atoms with E-state index in [9.17, 15) is 14.4 Å². The van der Waals surface area contributed by atoms with Gasteiger partial charge in [0.25, 0.3) is 0 Å². The van der Waals surface area contributed by atoms with Crippen molar-refractivity contribution in [3.8, 4) is 0 Å². The Hall–Kier alpha value is -2.41. The third-order valence-corrected chi connectivity index (χ3v) is 5.00. The lowest BCUT2D eigenvalue weighted by Gasteiger charge is -2.11. The first-order valence-corrected chi connectivity index (χ1v) is 11.8. The van der Waals surface area contributed by atoms with Gasteiger partial charge in [0.1, 0.15) is 5.69 Å². The molecule has 0 saturated carbocycles. The highest BCUT2D eigenvalue weighted by atomic mass is 16.6. The summed E-state index contributed by atoms with van der Waals surface area (Å²) in [6.07, 6.45) is 3.25. The number of nitrogens with one attached hydrogen (secondary N) is 1. The molecule has 0 radical (unpaired) electrons. The number of imide groups is 1. The first-order chi connectivity index (χ1) is 16.5. The Morgan fingerprint density at radius 3 is 2.24 bits per heavy atom. The molecule has 1 atom stereocenters. The second kappa shape index (κ2) is 16.3. The summed E-state index contributed by atoms with van der Waals surface area (Å²) in [5.74, 6) is -0.588. The maximum Gasteiger partial charge on any atom is 0.232 e. The number of ether oxygens (including phenoxy) is 4. The van der Waals surface area contributed by atoms with Gasteiger partial charge >= 0.3 is 0 Å². The van der Waals surface area contributed by atoms with Crippen LogP contribution in [0.4, 0.5) is 0 Å². The maximum absolute atomic E-state index is 12.0. The average Bonchev–Trinajstić information content (AvgIpc) is 3.37. The van der Waals surface area contributed by atoms with E-state index < -0.39 is 0 Å². The van der Waals surface area contributed by atoms with Gasteiger partial charge in [-0.2, -0.15) is 0 Å². The van der Waals surface area contributed by atoms with E-state index in [1.807, 2.05) is 6.92 Å². The van der Waals surface area contributed by atoms with Crippen molar-refractivity contribution in [2.24, 2.45) is 5.92 Å². The van der Waals surface area contributed by atoms with Crippen LogP contribution in [0.2, 0.25) is 0 Å². The van der Waals surface area contributed by atoms with Crippen molar-refractivity contribution in [2.45, 2.75) is 46.2 Å². The molecule has 2 heterocycles. The van der Waals surface area contributed by atoms with Crippen LogP contribution in [0.3, 0.4) is 0 Å². The summed E-state index contributed by atoms with van der Waals surface area (Å²) in [7, 11) is 0. The third kappa shape index (κ3) is 10.7. The van der Waals surface area contributed by atoms with Gasteiger partial charge in [-0.15, -0.1) is 5.10 Å². The van der Waals surface area contributed by atoms with Gasteiger partial charge in [0.05, 0.1) is 72.1 Å². The van der Waals surface area contributed by atoms with Crippen molar-refractivity contribution in [2.75, 3.05) is 59.4 Å². The number of carbonyl (C=O) groups excluding carboxylic acids is 3. The molecule has 1 aliphatic rings. The van der Waals surface area contributed by atoms with Gasteiger partial charge in [0.15, 0.2) is 0 Å². The van der Waals surface area contributed by atoms with Gasteiger partial charge in [0, 0.05) is 25.3 Å². The van der Waals surface area contributed by atoms with E-state index in [1.165, 1.54) is 4.90 Å². The molecule has 0 spiro atoms. The van der Waals surface area contributed by atoms with Crippen molar-refractivity contribution in [1.82, 2.24) is 25.2 Å². The highest BCUT2D eigenvalue weighted by molar-refractivity contribution is 6.03. The molecule has 192 valence electrons. The van der Waals surface area contributed by atoms with Gasteiger partial charge in [-0.25, -0.2) is 4.68 Å². The molecule has 2 rings (SSSR count). The number of amides is 3. The first-order valence-electron chi connectivity index (χ1n) is 11.8. The summed E-state index contributed by atoms with van der Waals surface area (Å²) >= 11 is 0. The monoisotopic (exact) mass is 483 g/mol. The predicted octanol–water partition coefficient (Wildman–Crippen LogP) is 0.156. The molecule has 0 aliphatic carbocycles. The van der Waals surface area contributed by atoms with Gasteiger partial charge in [0.2, 0.25) is 17.7 Å². The molecule has 1 aromatic heterocycles. The average molecular weight is 484 g/mol. The summed E-state index contributed by atoms with van der Waals surface area (Å²) in [5, 5.41) is 10.8. The molecule has 12 heteroatoms. The van der Waals surface area contributed by atoms with Crippen LogP contribution in [0.25, 0.3) is 0 Å². The lowest BCUT2D eigenvalue weighted by atomic mass is 10.1. The van der Waals surface area contributed by atoms with Gasteiger partial charge in [-0.05, 0) is 6.42 Å². The summed E-state index contributed by atoms with van der Waals surface area (Å²) < 4.78 is 23.3. The quantitative estimate of drug-likeness (QED) is 0.216. The van der Waals surface area contributed by atoms with E-state index in [0.717, 1.165) is 6.42 Å². The molecule has 1 N–H and O–H groups in total. The standard InChI is InChI=1S/C22H37N5O7/c1-3-5-23-20(28)4-7-31-9-11-33-13-14-34-12-10-32-8-6-26-16-19(24-25-26)17-27-21(29)15-18(2)22(27)30/h16,18H,3-15,17H2,1-2H3,(H,23,28). The Kier molecular flexibility index (Phi) is 13.3. The topological polar surface area (TPSA) is 134 Å². The molecule has 0 bridgehead atoms. The molecule has 12 nitrogen and oxygen atoms in total. The highest BCUT2D eigenvalue weighted by Crippen LogP contribution is 2.20. The summed E-state index contributed by atoms with van der Waals surface area (Å²) in [6.45, 7) is 8.66. The highest BCUT2D eigenvalue weighted by Gasteiger charge is 2.35. The van der Waals surface area contributed by atoms with E-state index in [4.69, 9.17) is 18.9 Å². The number of rotatable bonds is 19. The minimum absolute atomic E-state index is 0.00650. The zero-order valence-electron chi connectivity index (χ0n) is 20.2. The van der Waals surface area contributed by atoms with Crippen LogP contribution >= 0.6 is 0 Å². The van der Waals surface area contributed by atoms with Gasteiger partial charge in [-0.3, -0.25) is 19.3 Å². The van der Waals surface area contributed by atoms with Crippen LogP contribution in [-0.4, -0.2) is 97.0 Å². The van der Waals surface area contributed by atoms with E-state index >= 15 is 0 Å². The second-order valence-corrected chi connectivity index (χ2v) is 7.95. The molecule has 3 amide bonds. The van der Waals surface area contributed by atoms with Crippen LogP contribution in [-0.2, 0) is 46.4 Å². The SMILES string of the molecule is CCCNC(=O)CCOCCOCCOCCOCCn1cc(CN2C(=O)CC(C)C2=O)nn1. The second-order valence-electron chi connectivity index (χ2n) is 7.95. The Labute approximate surface area is 200 Å². The van der Waals surface area contributed by atoms with E-state index in [2.05, 4.69) is 15.6 Å². The van der Waals surface area contributed by atoms with Gasteiger partial charge < -0.3 is 24.3 Å². The Balaban J connectivity index is 1.38. The lowest BCUT2D eigenvalue weighted by Crippen LogP contribution is -2.29. The van der Waals surface area contributed by atoms with Crippen molar-refractivity contribution < 1.29 is 33.3 Å². The summed E-state index contributed by atoms with van der Waals surface area (Å²) in [4.78, 5) is 36.5. The van der Waals surface area contributed by atoms with Crippen LogP contribution in [0.5, 0.6) is 0 Å². The predicted molar refractivity (Wildman–Crippen MR) is 121 cm³/mol. The van der Waals surface area contributed by atoms with Crippen LogP contribution in [0.1, 0.15) is 38.8 Å². The zero-order valence-corrected chi connectivity index (χ0v) is 20.2. The molecule has 0 aromatic carbocycles. The smallest absolute Gasteiger partial charge is 0.232 e. The van der Waals surface area contributed by atoms with Crippen molar-refractivity contribution in [1.29, 1.82) is 0 Å². The largest absolute Gasteiger partial charge is 0.379 e. The summed E-state index contributed by atoms with van der Waals surface area (Å²) in [6, 6.07) is 0. The van der Waals surface area contributed by atoms with Gasteiger partial charge in [-0.1, -0.05) is 19.1 Å². The minimum atomic E-state index is -0.264. The van der Waals surface area contributed by atoms with Crippen molar-refractivity contribution in [3.05, 3.63) is 11.9 Å². The summed E-state index contributed by atoms with van der Waals surface area (Å²) in [5.41, 5.74) is 0.571. The molecule has 1 unspecified atom stereocenters. The number of carbonyl (C=O) groups is 3. The maximum atomic E-state index is 12.0. The fourth-order valence-corrected chi connectivity index (χ4v) is 3.13. The number of nitrogens with zero attached hydrogens (tertiary/aromatic N) is 4. The normalized spacial score (nSPS) is 15.9. The molecule has 34 heavy (non-hydrogen) atoms. The third-order valence-electron chi connectivity index (χ3n) is 5.00. The minimum Gasteiger partial charge on any atom is -0.379 e. The molecule has 1 aromatic rings. The lowest BCUT2D eigenvalue weighted by molar-refractivity contribution is -0.140. The fraction of sp³-hybridized carbons (Fsp3) is 0.773. The fourth-order valence-electron chi connectivity index (χ4n) is 3.13.